The lowest BCUT2D eigenvalue weighted by Crippen LogP contribution is -2.05. The number of hydrogen-bond acceptors (Lipinski definition) is 3. The highest BCUT2D eigenvalue weighted by Crippen LogP contribution is 2.34. The first-order chi connectivity index (χ1) is 10.3. The van der Waals surface area contributed by atoms with E-state index in [9.17, 15) is 18.0 Å². The number of carboxylic acid groups (broad SMARTS) is 1. The van der Waals surface area contributed by atoms with Crippen molar-refractivity contribution in [3.63, 3.8) is 0 Å². The molecule has 0 spiro atoms. The molecule has 0 radical (unpaired) electrons. The molecular formula is C15H8F3NO3. The van der Waals surface area contributed by atoms with Crippen molar-refractivity contribution in [2.24, 2.45) is 0 Å². The molecule has 1 N–H and O–H groups in total. The summed E-state index contributed by atoms with van der Waals surface area (Å²) in [6.07, 6.45) is -6.02. The van der Waals surface area contributed by atoms with E-state index in [-0.39, 0.29) is 16.9 Å². The lowest BCUT2D eigenvalue weighted by Gasteiger charge is -2.11. The van der Waals surface area contributed by atoms with Crippen LogP contribution >= 0.6 is 0 Å². The van der Waals surface area contributed by atoms with Crippen LogP contribution in [-0.2, 0) is 6.18 Å². The third-order valence-electron chi connectivity index (χ3n) is 2.83. The van der Waals surface area contributed by atoms with Crippen LogP contribution in [0.15, 0.2) is 42.5 Å². The number of carbonyl (C=O) groups is 1. The molecule has 0 bridgehead atoms. The minimum atomic E-state index is -4.46. The Balaban J connectivity index is 2.50. The first-order valence-electron chi connectivity index (χ1n) is 5.94. The summed E-state index contributed by atoms with van der Waals surface area (Å²) in [4.78, 5) is 10.7. The molecule has 22 heavy (non-hydrogen) atoms. The van der Waals surface area contributed by atoms with Gasteiger partial charge >= 0.3 is 12.3 Å². The molecule has 0 aromatic heterocycles. The van der Waals surface area contributed by atoms with Crippen LogP contribution in [0.4, 0.5) is 18.0 Å². The molecule has 4 nitrogen and oxygen atoms in total. The number of ether oxygens (including phenoxy) is 1. The molecule has 0 aliphatic heterocycles. The van der Waals surface area contributed by atoms with Crippen LogP contribution in [0, 0.1) is 11.3 Å². The van der Waals surface area contributed by atoms with E-state index >= 15 is 0 Å². The Kier molecular flexibility index (Phi) is 4.04. The monoisotopic (exact) mass is 307 g/mol. The summed E-state index contributed by atoms with van der Waals surface area (Å²) in [6, 6.07) is 9.97. The van der Waals surface area contributed by atoms with E-state index in [0.29, 0.717) is 5.56 Å². The largest absolute Gasteiger partial charge is 0.511 e. The van der Waals surface area contributed by atoms with Crippen molar-refractivity contribution in [1.82, 2.24) is 0 Å². The Morgan fingerprint density at radius 1 is 1.14 bits per heavy atom. The molecule has 0 amide bonds. The standard InChI is InChI=1S/C15H8F3NO3/c16-15(17,18)11-4-2-10(3-5-11)12-7-9(8-19)1-6-13(12)22-14(20)21/h1-7H,(H,20,21). The minimum Gasteiger partial charge on any atom is -0.449 e. The van der Waals surface area contributed by atoms with Gasteiger partial charge < -0.3 is 9.84 Å². The van der Waals surface area contributed by atoms with Gasteiger partial charge in [0.15, 0.2) is 0 Å². The van der Waals surface area contributed by atoms with Gasteiger partial charge in [-0.25, -0.2) is 4.79 Å². The van der Waals surface area contributed by atoms with E-state index < -0.39 is 17.9 Å². The molecule has 112 valence electrons. The van der Waals surface area contributed by atoms with Gasteiger partial charge in [-0.05, 0) is 35.9 Å². The number of rotatable bonds is 2. The molecule has 2 aromatic carbocycles. The summed E-state index contributed by atoms with van der Waals surface area (Å²) in [5, 5.41) is 17.6. The Bertz CT molecular complexity index is 746. The predicted molar refractivity (Wildman–Crippen MR) is 70.2 cm³/mol. The van der Waals surface area contributed by atoms with Gasteiger partial charge in [0.25, 0.3) is 0 Å². The molecular weight excluding hydrogens is 299 g/mol. The number of alkyl halides is 3. The van der Waals surface area contributed by atoms with Gasteiger partial charge in [0.1, 0.15) is 5.75 Å². The van der Waals surface area contributed by atoms with E-state index in [1.165, 1.54) is 30.3 Å². The second kappa shape index (κ2) is 5.77. The fraction of sp³-hybridized carbons (Fsp3) is 0.0667. The van der Waals surface area contributed by atoms with Crippen LogP contribution in [0.5, 0.6) is 5.75 Å². The van der Waals surface area contributed by atoms with Crippen molar-refractivity contribution in [3.8, 4) is 22.9 Å². The van der Waals surface area contributed by atoms with E-state index in [0.717, 1.165) is 12.1 Å². The van der Waals surface area contributed by atoms with Gasteiger partial charge in [0.05, 0.1) is 17.2 Å². The SMILES string of the molecule is N#Cc1ccc(OC(=O)O)c(-c2ccc(C(F)(F)F)cc2)c1. The Morgan fingerprint density at radius 3 is 2.27 bits per heavy atom. The maximum absolute atomic E-state index is 12.5. The molecule has 0 unspecified atom stereocenters. The molecule has 7 heteroatoms. The summed E-state index contributed by atoms with van der Waals surface area (Å²) < 4.78 is 42.2. The number of halogens is 3. The van der Waals surface area contributed by atoms with Crippen molar-refractivity contribution in [2.75, 3.05) is 0 Å². The predicted octanol–water partition coefficient (Wildman–Crippen LogP) is 4.30. The van der Waals surface area contributed by atoms with Gasteiger partial charge in [-0.1, -0.05) is 12.1 Å². The van der Waals surface area contributed by atoms with E-state index in [4.69, 9.17) is 10.4 Å². The number of benzene rings is 2. The Hall–Kier alpha value is -3.01. The second-order valence-electron chi connectivity index (χ2n) is 4.27. The summed E-state index contributed by atoms with van der Waals surface area (Å²) in [6.45, 7) is 0. The molecule has 0 fully saturated rings. The van der Waals surface area contributed by atoms with Crippen LogP contribution in [-0.4, -0.2) is 11.3 Å². The topological polar surface area (TPSA) is 70.3 Å². The Morgan fingerprint density at radius 2 is 1.77 bits per heavy atom. The summed E-state index contributed by atoms with van der Waals surface area (Å²) in [5.41, 5.74) is -0.0717. The zero-order chi connectivity index (χ0) is 16.3. The van der Waals surface area contributed by atoms with Crippen molar-refractivity contribution in [3.05, 3.63) is 53.6 Å². The van der Waals surface area contributed by atoms with Crippen molar-refractivity contribution >= 4 is 6.16 Å². The van der Waals surface area contributed by atoms with E-state index in [1.54, 1.807) is 0 Å². The van der Waals surface area contributed by atoms with Crippen LogP contribution in [0.1, 0.15) is 11.1 Å². The molecule has 0 atom stereocenters. The lowest BCUT2D eigenvalue weighted by molar-refractivity contribution is -0.137. The van der Waals surface area contributed by atoms with E-state index in [1.807, 2.05) is 6.07 Å². The molecule has 0 saturated carbocycles. The maximum atomic E-state index is 12.5. The van der Waals surface area contributed by atoms with Gasteiger partial charge in [-0.3, -0.25) is 0 Å². The second-order valence-corrected chi connectivity index (χ2v) is 4.27. The lowest BCUT2D eigenvalue weighted by atomic mass is 10.0. The van der Waals surface area contributed by atoms with Gasteiger partial charge in [-0.15, -0.1) is 0 Å². The third kappa shape index (κ3) is 3.35. The molecule has 2 aromatic rings. The Labute approximate surface area is 123 Å². The van der Waals surface area contributed by atoms with Crippen molar-refractivity contribution < 1.29 is 27.8 Å². The van der Waals surface area contributed by atoms with E-state index in [2.05, 4.69) is 4.74 Å². The molecule has 0 heterocycles. The summed E-state index contributed by atoms with van der Waals surface area (Å²) in [5.74, 6) is -0.0636. The minimum absolute atomic E-state index is 0.0636. The van der Waals surface area contributed by atoms with Crippen LogP contribution in [0.25, 0.3) is 11.1 Å². The fourth-order valence-corrected chi connectivity index (χ4v) is 1.85. The maximum Gasteiger partial charge on any atom is 0.511 e. The van der Waals surface area contributed by atoms with Crippen molar-refractivity contribution in [1.29, 1.82) is 5.26 Å². The first kappa shape index (κ1) is 15.4. The normalized spacial score (nSPS) is 10.8. The molecule has 0 aliphatic carbocycles. The van der Waals surface area contributed by atoms with Crippen molar-refractivity contribution in [2.45, 2.75) is 6.18 Å². The van der Waals surface area contributed by atoms with Crippen LogP contribution < -0.4 is 4.74 Å². The molecule has 0 aliphatic rings. The highest BCUT2D eigenvalue weighted by atomic mass is 19.4. The summed E-state index contributed by atoms with van der Waals surface area (Å²) in [7, 11) is 0. The number of nitriles is 1. The smallest absolute Gasteiger partial charge is 0.449 e. The van der Waals surface area contributed by atoms with Crippen LogP contribution in [0.3, 0.4) is 0 Å². The fourth-order valence-electron chi connectivity index (χ4n) is 1.85. The van der Waals surface area contributed by atoms with Crippen LogP contribution in [0.2, 0.25) is 0 Å². The van der Waals surface area contributed by atoms with Gasteiger partial charge in [-0.2, -0.15) is 18.4 Å². The quantitative estimate of drug-likeness (QED) is 0.663. The molecule has 2 rings (SSSR count). The third-order valence-corrected chi connectivity index (χ3v) is 2.83. The zero-order valence-electron chi connectivity index (χ0n) is 10.9. The van der Waals surface area contributed by atoms with Gasteiger partial charge in [0, 0.05) is 5.56 Å². The zero-order valence-corrected chi connectivity index (χ0v) is 10.9. The first-order valence-corrected chi connectivity index (χ1v) is 5.94. The van der Waals surface area contributed by atoms with Gasteiger partial charge in [0.2, 0.25) is 0 Å². The average molecular weight is 307 g/mol. The summed E-state index contributed by atoms with van der Waals surface area (Å²) >= 11 is 0. The number of nitrogens with zero attached hydrogens (tertiary/aromatic N) is 1. The average Bonchev–Trinajstić information content (AvgIpc) is 2.46. The number of hydrogen-bond donors (Lipinski definition) is 1. The highest BCUT2D eigenvalue weighted by Gasteiger charge is 2.30. The molecule has 0 saturated heterocycles. The highest BCUT2D eigenvalue weighted by molar-refractivity contribution is 5.75.